The summed E-state index contributed by atoms with van der Waals surface area (Å²) >= 11 is 14.4. The number of primary amides is 1. The number of halogens is 2. The fraction of sp³-hybridized carbons (Fsp3) is 0.452. The minimum absolute atomic E-state index is 0.0158. The number of rotatable bonds is 20. The Labute approximate surface area is 685 Å². The lowest BCUT2D eigenvalue weighted by Crippen LogP contribution is -2.64. The minimum Gasteiger partial charge on any atom is -0.508 e. The first kappa shape index (κ1) is 91.4. The first-order chi connectivity index (χ1) is 55.5. The van der Waals surface area contributed by atoms with Gasteiger partial charge in [0.1, 0.15) is 83.4 Å². The third kappa shape index (κ3) is 20.6. The van der Waals surface area contributed by atoms with Gasteiger partial charge < -0.3 is 153 Å². The molecule has 7 aliphatic rings. The molecule has 5 aromatic rings. The molecule has 7 aliphatic heterocycles. The van der Waals surface area contributed by atoms with Crippen molar-refractivity contribution in [2.75, 3.05) is 13.7 Å². The molecular formula is C73H88Cl2N10O32P2. The number of nitrogens with one attached hydrogen (secondary N) is 8. The standard InChI is InChI=1S/C73H88Cl2N10O32P2/c1-26(2)14-37(78-7)62(96)85-54-58(117-70(104)72(4,5)23-47(91)80-71(118(105,106)107)119(108,109)110)30-10-13-42(36(75)17-30)113-44-19-31-18-43(59(44)116-69-60(57(94)56(93)45(25-86)114-69)115-48-24-73(6,77)61(95)27(3)111-48)112-41-12-9-29(16-35(41)74)55(92)53-66(100)83-52(68(102)103)34-20-32(87)21-40(89)49(34)33-15-28(8-11-39(33)88)50(64(98)84-53)82-65(99)51(31)81-63(97)38(22-46(76)90)79-67(54)101/h8-13,15-21,26-27,37-38,45,48,50-58,60-61,69,71,78,86-89,92-95H,14,22-25,77H2,1-7H3,(H2,76,90)(H,79,101)(H,80,91)(H,81,97)(H,82,99)(H,83,100)(H,84,98)(H,85,96)(H,102,103)(H2,105,106,107)(H2,108,109,110)/t27-,37+,38-,45+,48-,50+,51+,52-,53-,54+,55+,56+,57-,58+,60+,61+,69-,73-/m0/s1. The number of esters is 1. The summed E-state index contributed by atoms with van der Waals surface area (Å²) in [5, 5.41) is 120. The number of carboxylic acids is 1. The number of benzene rings is 5. The Kier molecular flexibility index (Phi) is 27.8. The molecule has 46 heteroatoms. The van der Waals surface area contributed by atoms with Crippen LogP contribution in [-0.2, 0) is 76.0 Å². The summed E-state index contributed by atoms with van der Waals surface area (Å²) in [5.74, 6) is -21.3. The van der Waals surface area contributed by atoms with Crippen LogP contribution < -0.4 is 68.2 Å². The molecule has 2 fully saturated rings. The van der Waals surface area contributed by atoms with Gasteiger partial charge in [-0.05, 0) is 124 Å². The number of carbonyl (C=O) groups is 10. The summed E-state index contributed by atoms with van der Waals surface area (Å²) in [4.78, 5) is 188. The predicted octanol–water partition coefficient (Wildman–Crippen LogP) is -0.171. The summed E-state index contributed by atoms with van der Waals surface area (Å²) in [6, 6.07) is -3.08. The van der Waals surface area contributed by atoms with Crippen molar-refractivity contribution in [2.24, 2.45) is 22.8 Å². The minimum atomic E-state index is -5.86. The number of likely N-dealkylation sites (N-methyl/N-ethyl adjacent to an activating group) is 1. The molecular weight excluding hydrogens is 1660 g/mol. The van der Waals surface area contributed by atoms with E-state index in [1.165, 1.54) is 26.2 Å². The molecule has 0 saturated carbocycles. The van der Waals surface area contributed by atoms with Gasteiger partial charge in [0.05, 0.1) is 46.7 Å². The zero-order valence-electron chi connectivity index (χ0n) is 63.9. The van der Waals surface area contributed by atoms with Crippen LogP contribution in [0.2, 0.25) is 10.0 Å². The SMILES string of the molecule is CN[C@H](CC(C)C)C(=O)N[C@H]1C(=O)N[C@@H](CC(N)=O)C(=O)N[C@H]2C(=O)N[C@H]3C(=O)N[C@H](C(=O)N[C@H](C(=O)O)c4cc(O)cc(O)c4-c4cc3ccc4O)[C@H](O)c3ccc(c(Cl)c3)Oc3cc2cc(c3O[C@@H]2O[C@H](CO)[C@@H](O)[C@H](O)[C@H]2O[C@H]2C[C@](C)(N)[C@H](O)[C@H](C)O2)Oc2ccc(cc2Cl)[C@H]1OC(=O)C(C)(C)CC(=O)NC(P(=O)(O)O)P(=O)(O)O. The summed E-state index contributed by atoms with van der Waals surface area (Å²) in [7, 11) is -10.4. The van der Waals surface area contributed by atoms with Crippen molar-refractivity contribution in [1.82, 2.24) is 42.5 Å². The number of phenols is 3. The van der Waals surface area contributed by atoms with E-state index in [9.17, 15) is 103 Å². The van der Waals surface area contributed by atoms with E-state index in [1.807, 2.05) is 0 Å². The largest absolute Gasteiger partial charge is 0.508 e. The topological polar surface area (TPSA) is 681 Å². The van der Waals surface area contributed by atoms with E-state index in [2.05, 4.69) is 37.2 Å². The molecule has 18 atom stereocenters. The zero-order valence-corrected chi connectivity index (χ0v) is 67.2. The second kappa shape index (κ2) is 36.2. The number of aliphatic carboxylic acids is 1. The van der Waals surface area contributed by atoms with Gasteiger partial charge in [-0.25, -0.2) is 4.79 Å². The van der Waals surface area contributed by atoms with Crippen LogP contribution in [0, 0.1) is 11.3 Å². The highest BCUT2D eigenvalue weighted by Crippen LogP contribution is 2.59. The van der Waals surface area contributed by atoms with Crippen LogP contribution in [0.1, 0.15) is 125 Å². The quantitative estimate of drug-likeness (QED) is 0.0355. The van der Waals surface area contributed by atoms with E-state index >= 15 is 19.2 Å². The Morgan fingerprint density at radius 3 is 1.88 bits per heavy atom. The number of aliphatic hydroxyl groups is 5. The van der Waals surface area contributed by atoms with Gasteiger partial charge in [0.15, 0.2) is 36.0 Å². The Morgan fingerprint density at radius 2 is 1.31 bits per heavy atom. The number of phenolic OH excluding ortho intramolecular Hbond substituents is 3. The molecule has 0 unspecified atom stereocenters. The normalized spacial score (nSPS) is 27.2. The number of aromatic hydroxyl groups is 3. The molecule has 5 aromatic carbocycles. The maximum atomic E-state index is 16.3. The van der Waals surface area contributed by atoms with Crippen molar-refractivity contribution in [3.63, 3.8) is 0 Å². The molecule has 25 N–H and O–H groups in total. The third-order valence-electron chi connectivity index (χ3n) is 20.1. The van der Waals surface area contributed by atoms with Crippen molar-refractivity contribution in [1.29, 1.82) is 0 Å². The second-order valence-electron chi connectivity index (χ2n) is 30.3. The molecule has 0 spiro atoms. The first-order valence-electron chi connectivity index (χ1n) is 36.4. The van der Waals surface area contributed by atoms with Crippen molar-refractivity contribution in [2.45, 2.75) is 182 Å². The van der Waals surface area contributed by atoms with Crippen LogP contribution in [0.25, 0.3) is 11.1 Å². The van der Waals surface area contributed by atoms with Gasteiger partial charge in [0.25, 0.3) is 0 Å². The number of hydrogen-bond donors (Lipinski definition) is 23. The summed E-state index contributed by atoms with van der Waals surface area (Å²) in [6.45, 7) is 7.29. The number of carbonyl (C=O) groups excluding carboxylic acids is 9. The van der Waals surface area contributed by atoms with E-state index < -0.39 is 303 Å². The highest BCUT2D eigenvalue weighted by Gasteiger charge is 2.53. The van der Waals surface area contributed by atoms with E-state index in [4.69, 9.17) is 67.8 Å². The maximum Gasteiger partial charge on any atom is 0.360 e. The van der Waals surface area contributed by atoms with E-state index in [-0.39, 0.29) is 24.3 Å². The summed E-state index contributed by atoms with van der Waals surface area (Å²) in [5.41, 5.74) is 1.91. The van der Waals surface area contributed by atoms with Crippen molar-refractivity contribution < 1.29 is 156 Å². The van der Waals surface area contributed by atoms with Gasteiger partial charge in [-0.15, -0.1) is 0 Å². The summed E-state index contributed by atoms with van der Waals surface area (Å²) in [6.07, 6.45) is -21.4. The highest BCUT2D eigenvalue weighted by molar-refractivity contribution is 7.70. The van der Waals surface area contributed by atoms with Crippen molar-refractivity contribution >= 4 is 97.6 Å². The number of carboxylic acid groups (broad SMARTS) is 1. The Morgan fingerprint density at radius 1 is 0.723 bits per heavy atom. The zero-order chi connectivity index (χ0) is 87.9. The van der Waals surface area contributed by atoms with Gasteiger partial charge in [0, 0.05) is 41.1 Å². The van der Waals surface area contributed by atoms with Gasteiger partial charge in [-0.1, -0.05) is 55.2 Å². The van der Waals surface area contributed by atoms with Gasteiger partial charge >= 0.3 is 27.1 Å². The monoisotopic (exact) mass is 1750 g/mol. The fourth-order valence-electron chi connectivity index (χ4n) is 13.9. The molecule has 646 valence electrons. The number of nitrogens with two attached hydrogens (primary N) is 2. The molecule has 7 heterocycles. The lowest BCUT2D eigenvalue weighted by atomic mass is 9.86. The number of aliphatic hydroxyl groups excluding tert-OH is 5. The van der Waals surface area contributed by atoms with Crippen LogP contribution in [0.3, 0.4) is 0 Å². The van der Waals surface area contributed by atoms with Crippen molar-refractivity contribution in [3.05, 3.63) is 117 Å². The number of hydrogen-bond acceptors (Lipinski definition) is 29. The molecule has 0 radical (unpaired) electrons. The van der Waals surface area contributed by atoms with Gasteiger partial charge in [-0.2, -0.15) is 0 Å². The molecule has 42 nitrogen and oxygen atoms in total. The van der Waals surface area contributed by atoms with Crippen LogP contribution in [0.5, 0.6) is 46.0 Å². The number of amides is 8. The molecule has 0 aromatic heterocycles. The van der Waals surface area contributed by atoms with Gasteiger partial charge in [-0.3, -0.25) is 52.3 Å². The Balaban J connectivity index is 1.25. The molecule has 2 saturated heterocycles. The number of fused-ring (bicyclic) bond motifs is 15. The number of ether oxygens (including phenoxy) is 7. The van der Waals surface area contributed by atoms with Crippen LogP contribution in [-0.4, -0.2) is 223 Å². The molecule has 119 heavy (non-hydrogen) atoms. The smallest absolute Gasteiger partial charge is 0.360 e. The Bertz CT molecular complexity index is 4900. The van der Waals surface area contributed by atoms with Crippen LogP contribution in [0.4, 0.5) is 0 Å². The Hall–Kier alpha value is -9.92. The second-order valence-corrected chi connectivity index (χ2v) is 34.9. The lowest BCUT2D eigenvalue weighted by Gasteiger charge is -2.47. The first-order valence-corrected chi connectivity index (χ1v) is 40.5. The van der Waals surface area contributed by atoms with E-state index in [0.717, 1.165) is 92.7 Å². The molecule has 12 rings (SSSR count). The average molecular weight is 1750 g/mol. The lowest BCUT2D eigenvalue weighted by molar-refractivity contribution is -0.333. The van der Waals surface area contributed by atoms with E-state index in [1.54, 1.807) is 13.8 Å². The maximum absolute atomic E-state index is 16.3. The summed E-state index contributed by atoms with van der Waals surface area (Å²) < 4.78 is 69.2. The predicted molar refractivity (Wildman–Crippen MR) is 408 cm³/mol. The fourth-order valence-corrected chi connectivity index (χ4v) is 16.6. The molecule has 8 amide bonds. The molecule has 11 bridgehead atoms. The average Bonchev–Trinajstić information content (AvgIpc) is 0.765. The van der Waals surface area contributed by atoms with Crippen molar-refractivity contribution in [3.8, 4) is 57.1 Å². The van der Waals surface area contributed by atoms with Crippen LogP contribution in [0.15, 0.2) is 78.9 Å². The van der Waals surface area contributed by atoms with Gasteiger partial charge in [0.2, 0.25) is 64.8 Å². The van der Waals surface area contributed by atoms with Crippen LogP contribution >= 0.6 is 38.4 Å². The highest BCUT2D eigenvalue weighted by atomic mass is 35.5. The van der Waals surface area contributed by atoms with E-state index in [0.29, 0.717) is 0 Å². The molecule has 0 aliphatic carbocycles. The third-order valence-corrected chi connectivity index (χ3v) is 24.0.